The largest absolute Gasteiger partial charge is 0.493 e. The van der Waals surface area contributed by atoms with E-state index in [0.717, 1.165) is 32.6 Å². The van der Waals surface area contributed by atoms with E-state index < -0.39 is 0 Å². The number of Topliss-reactive ketones (excluding diaryl/α,β-unsaturated/α-hetero) is 1. The maximum absolute atomic E-state index is 12.6. The molecule has 1 saturated heterocycles. The number of hydrogen-bond acceptors (Lipinski definition) is 5. The summed E-state index contributed by atoms with van der Waals surface area (Å²) in [5.41, 5.74) is 0.550. The standard InChI is InChI=1S/C22H32N2O4/c1-27-20-10-8-17(16-21(20)28-2)19(25)9-11-22(26)24-13-5-12-23(14-15-24)18-6-3-4-7-18/h8,10,16,18H,3-7,9,11-15H2,1-2H3. The van der Waals surface area contributed by atoms with Crippen LogP contribution in [0.1, 0.15) is 55.3 Å². The van der Waals surface area contributed by atoms with Crippen LogP contribution in [0.15, 0.2) is 18.2 Å². The van der Waals surface area contributed by atoms with Crippen LogP contribution in [0, 0.1) is 0 Å². The van der Waals surface area contributed by atoms with Gasteiger partial charge in [0.25, 0.3) is 0 Å². The molecule has 1 aromatic rings. The van der Waals surface area contributed by atoms with Gasteiger partial charge >= 0.3 is 0 Å². The maximum Gasteiger partial charge on any atom is 0.223 e. The molecule has 0 aromatic heterocycles. The second-order valence-electron chi connectivity index (χ2n) is 7.70. The van der Waals surface area contributed by atoms with Crippen molar-refractivity contribution >= 4 is 11.7 Å². The molecule has 0 atom stereocenters. The van der Waals surface area contributed by atoms with Crippen molar-refractivity contribution in [2.75, 3.05) is 40.4 Å². The molecule has 6 nitrogen and oxygen atoms in total. The lowest BCUT2D eigenvalue weighted by atomic mass is 10.1. The fraction of sp³-hybridized carbons (Fsp3) is 0.636. The molecule has 1 heterocycles. The van der Waals surface area contributed by atoms with Gasteiger partial charge in [0.15, 0.2) is 17.3 Å². The minimum Gasteiger partial charge on any atom is -0.493 e. The number of ether oxygens (including phenoxy) is 2. The number of amides is 1. The molecule has 1 saturated carbocycles. The van der Waals surface area contributed by atoms with Crippen molar-refractivity contribution in [3.8, 4) is 11.5 Å². The summed E-state index contributed by atoms with van der Waals surface area (Å²) in [4.78, 5) is 29.7. The van der Waals surface area contributed by atoms with Crippen LogP contribution in [0.25, 0.3) is 0 Å². The molecule has 0 bridgehead atoms. The van der Waals surface area contributed by atoms with Gasteiger partial charge in [0.1, 0.15) is 0 Å². The second kappa shape index (κ2) is 9.92. The highest BCUT2D eigenvalue weighted by Gasteiger charge is 2.26. The highest BCUT2D eigenvalue weighted by molar-refractivity contribution is 5.98. The van der Waals surface area contributed by atoms with Gasteiger partial charge in [-0.15, -0.1) is 0 Å². The minimum atomic E-state index is -0.0447. The van der Waals surface area contributed by atoms with Crippen LogP contribution >= 0.6 is 0 Å². The van der Waals surface area contributed by atoms with Crippen molar-refractivity contribution in [2.24, 2.45) is 0 Å². The molecule has 1 aromatic carbocycles. The molecular formula is C22H32N2O4. The Morgan fingerprint density at radius 3 is 2.39 bits per heavy atom. The Morgan fingerprint density at radius 2 is 1.68 bits per heavy atom. The SMILES string of the molecule is COc1ccc(C(=O)CCC(=O)N2CCCN(C3CCCC3)CC2)cc1OC. The number of hydrogen-bond donors (Lipinski definition) is 0. The zero-order chi connectivity index (χ0) is 19.9. The average Bonchev–Trinajstić information content (AvgIpc) is 3.15. The molecule has 1 aliphatic carbocycles. The summed E-state index contributed by atoms with van der Waals surface area (Å²) in [5.74, 6) is 1.16. The average molecular weight is 389 g/mol. The molecule has 154 valence electrons. The van der Waals surface area contributed by atoms with Gasteiger partial charge in [0, 0.05) is 50.6 Å². The number of carbonyl (C=O) groups excluding carboxylic acids is 2. The molecule has 28 heavy (non-hydrogen) atoms. The van der Waals surface area contributed by atoms with Crippen LogP contribution in [0.3, 0.4) is 0 Å². The number of carbonyl (C=O) groups is 2. The first-order valence-corrected chi connectivity index (χ1v) is 10.4. The van der Waals surface area contributed by atoms with E-state index in [1.54, 1.807) is 32.4 Å². The van der Waals surface area contributed by atoms with Crippen molar-refractivity contribution in [1.29, 1.82) is 0 Å². The maximum atomic E-state index is 12.6. The first kappa shape index (κ1) is 20.6. The third kappa shape index (κ3) is 5.04. The lowest BCUT2D eigenvalue weighted by Crippen LogP contribution is -2.38. The Morgan fingerprint density at radius 1 is 0.929 bits per heavy atom. The highest BCUT2D eigenvalue weighted by atomic mass is 16.5. The van der Waals surface area contributed by atoms with Gasteiger partial charge in [0.2, 0.25) is 5.91 Å². The Labute approximate surface area is 167 Å². The second-order valence-corrected chi connectivity index (χ2v) is 7.70. The Hall–Kier alpha value is -2.08. The third-order valence-electron chi connectivity index (χ3n) is 6.00. The van der Waals surface area contributed by atoms with Crippen molar-refractivity contribution in [3.63, 3.8) is 0 Å². The van der Waals surface area contributed by atoms with Gasteiger partial charge in [0.05, 0.1) is 14.2 Å². The smallest absolute Gasteiger partial charge is 0.223 e. The summed E-state index contributed by atoms with van der Waals surface area (Å²) in [6, 6.07) is 5.83. The van der Waals surface area contributed by atoms with Gasteiger partial charge in [-0.2, -0.15) is 0 Å². The summed E-state index contributed by atoms with van der Waals surface area (Å²) >= 11 is 0. The van der Waals surface area contributed by atoms with Crippen LogP contribution in [-0.2, 0) is 4.79 Å². The van der Waals surface area contributed by atoms with E-state index in [2.05, 4.69) is 4.90 Å². The molecule has 0 unspecified atom stereocenters. The number of ketones is 1. The zero-order valence-electron chi connectivity index (χ0n) is 17.1. The van der Waals surface area contributed by atoms with Crippen LogP contribution in [0.4, 0.5) is 0 Å². The Bertz CT molecular complexity index is 685. The summed E-state index contributed by atoms with van der Waals surface area (Å²) in [6.45, 7) is 3.62. The minimum absolute atomic E-state index is 0.0447. The number of nitrogens with zero attached hydrogens (tertiary/aromatic N) is 2. The first-order valence-electron chi connectivity index (χ1n) is 10.4. The van der Waals surface area contributed by atoms with Gasteiger partial charge in [-0.05, 0) is 37.5 Å². The molecule has 2 fully saturated rings. The number of rotatable bonds is 7. The number of benzene rings is 1. The van der Waals surface area contributed by atoms with E-state index in [1.165, 1.54) is 25.7 Å². The molecule has 6 heteroatoms. The van der Waals surface area contributed by atoms with Crippen LogP contribution in [0.5, 0.6) is 11.5 Å². The van der Waals surface area contributed by atoms with Crippen molar-refractivity contribution in [1.82, 2.24) is 9.80 Å². The van der Waals surface area contributed by atoms with E-state index in [0.29, 0.717) is 23.1 Å². The summed E-state index contributed by atoms with van der Waals surface area (Å²) < 4.78 is 10.5. The monoisotopic (exact) mass is 388 g/mol. The van der Waals surface area contributed by atoms with Crippen LogP contribution in [-0.4, -0.2) is 67.9 Å². The fourth-order valence-electron chi connectivity index (χ4n) is 4.35. The molecule has 1 aliphatic heterocycles. The molecule has 0 radical (unpaired) electrons. The molecule has 2 aliphatic rings. The van der Waals surface area contributed by atoms with E-state index >= 15 is 0 Å². The van der Waals surface area contributed by atoms with Crippen LogP contribution < -0.4 is 9.47 Å². The van der Waals surface area contributed by atoms with Gasteiger partial charge in [-0.25, -0.2) is 0 Å². The van der Waals surface area contributed by atoms with E-state index in [1.807, 2.05) is 4.90 Å². The summed E-state index contributed by atoms with van der Waals surface area (Å²) in [5, 5.41) is 0. The highest BCUT2D eigenvalue weighted by Crippen LogP contribution is 2.28. The topological polar surface area (TPSA) is 59.1 Å². The zero-order valence-corrected chi connectivity index (χ0v) is 17.1. The lowest BCUT2D eigenvalue weighted by molar-refractivity contribution is -0.131. The van der Waals surface area contributed by atoms with Gasteiger partial charge in [-0.1, -0.05) is 12.8 Å². The van der Waals surface area contributed by atoms with E-state index in [-0.39, 0.29) is 24.5 Å². The first-order chi connectivity index (χ1) is 13.6. The molecule has 1 amide bonds. The van der Waals surface area contributed by atoms with Crippen molar-refractivity contribution in [2.45, 2.75) is 51.0 Å². The molecule has 0 N–H and O–H groups in total. The molecule has 3 rings (SSSR count). The van der Waals surface area contributed by atoms with Crippen LogP contribution in [0.2, 0.25) is 0 Å². The summed E-state index contributed by atoms with van der Waals surface area (Å²) in [7, 11) is 3.11. The van der Waals surface area contributed by atoms with E-state index in [4.69, 9.17) is 9.47 Å². The lowest BCUT2D eigenvalue weighted by Gasteiger charge is -2.27. The Kier molecular flexibility index (Phi) is 7.31. The fourth-order valence-corrected chi connectivity index (χ4v) is 4.35. The van der Waals surface area contributed by atoms with Crippen molar-refractivity contribution in [3.05, 3.63) is 23.8 Å². The molecular weight excluding hydrogens is 356 g/mol. The van der Waals surface area contributed by atoms with Gasteiger partial charge in [-0.3, -0.25) is 14.5 Å². The molecule has 0 spiro atoms. The third-order valence-corrected chi connectivity index (χ3v) is 6.00. The summed E-state index contributed by atoms with van der Waals surface area (Å²) in [6.07, 6.45) is 6.77. The van der Waals surface area contributed by atoms with Gasteiger partial charge < -0.3 is 14.4 Å². The predicted octanol–water partition coefficient (Wildman–Crippen LogP) is 3.14. The normalized spacial score (nSPS) is 18.7. The quantitative estimate of drug-likeness (QED) is 0.672. The predicted molar refractivity (Wildman–Crippen MR) is 108 cm³/mol. The Balaban J connectivity index is 1.50. The van der Waals surface area contributed by atoms with E-state index in [9.17, 15) is 9.59 Å². The van der Waals surface area contributed by atoms with Crippen molar-refractivity contribution < 1.29 is 19.1 Å². The number of methoxy groups -OCH3 is 2.